The number of carbonyl (C=O) groups excluding carboxylic acids is 1. The van der Waals surface area contributed by atoms with E-state index in [1.54, 1.807) is 55.5 Å². The zero-order valence-electron chi connectivity index (χ0n) is 14.5. The van der Waals surface area contributed by atoms with Gasteiger partial charge in [-0.25, -0.2) is 13.6 Å². The van der Waals surface area contributed by atoms with Gasteiger partial charge in [-0.2, -0.15) is 0 Å². The van der Waals surface area contributed by atoms with E-state index in [2.05, 4.69) is 5.32 Å². The maximum absolute atomic E-state index is 12.7. The van der Waals surface area contributed by atoms with Gasteiger partial charge in [0.2, 0.25) is 10.0 Å². The first-order valence-corrected chi connectivity index (χ1v) is 9.66. The number of primary sulfonamides is 1. The van der Waals surface area contributed by atoms with Crippen LogP contribution in [0.5, 0.6) is 11.5 Å². The molecule has 0 aromatic heterocycles. The van der Waals surface area contributed by atoms with Crippen molar-refractivity contribution in [3.05, 3.63) is 83.9 Å². The van der Waals surface area contributed by atoms with Crippen molar-refractivity contribution >= 4 is 21.6 Å². The van der Waals surface area contributed by atoms with E-state index in [9.17, 15) is 13.2 Å². The van der Waals surface area contributed by atoms with Crippen LogP contribution in [0.1, 0.15) is 15.9 Å². The Morgan fingerprint density at radius 1 is 0.963 bits per heavy atom. The van der Waals surface area contributed by atoms with Gasteiger partial charge in [0, 0.05) is 5.69 Å². The summed E-state index contributed by atoms with van der Waals surface area (Å²) in [6, 6.07) is 20.4. The number of aryl methyl sites for hydroxylation is 1. The standard InChI is InChI=1S/C20H18N2O4S/c1-14-11-12-15(13-19(14)27(21,24)25)22-20(23)17-9-5-6-10-18(17)26-16-7-3-2-4-8-16/h2-13H,1H3,(H,22,23)(H2,21,24,25). The van der Waals surface area contributed by atoms with Gasteiger partial charge in [0.25, 0.3) is 5.91 Å². The number of nitrogens with two attached hydrogens (primary N) is 1. The van der Waals surface area contributed by atoms with Crippen LogP contribution in [-0.2, 0) is 10.0 Å². The Morgan fingerprint density at radius 3 is 2.33 bits per heavy atom. The van der Waals surface area contributed by atoms with Gasteiger partial charge < -0.3 is 10.1 Å². The number of anilines is 1. The van der Waals surface area contributed by atoms with Crippen molar-refractivity contribution in [2.24, 2.45) is 5.14 Å². The molecule has 6 nitrogen and oxygen atoms in total. The van der Waals surface area contributed by atoms with E-state index >= 15 is 0 Å². The maximum atomic E-state index is 12.7. The fraction of sp³-hybridized carbons (Fsp3) is 0.0500. The SMILES string of the molecule is Cc1ccc(NC(=O)c2ccccc2Oc2ccccc2)cc1S(N)(=O)=O. The van der Waals surface area contributed by atoms with Gasteiger partial charge in [0.1, 0.15) is 11.5 Å². The first-order chi connectivity index (χ1) is 12.8. The molecule has 0 unspecified atom stereocenters. The van der Waals surface area contributed by atoms with Gasteiger partial charge in [-0.15, -0.1) is 0 Å². The van der Waals surface area contributed by atoms with Gasteiger partial charge in [-0.1, -0.05) is 36.4 Å². The Morgan fingerprint density at radius 2 is 1.63 bits per heavy atom. The Kier molecular flexibility index (Phi) is 5.25. The third-order valence-corrected chi connectivity index (χ3v) is 4.91. The van der Waals surface area contributed by atoms with Crippen LogP contribution in [0.3, 0.4) is 0 Å². The largest absolute Gasteiger partial charge is 0.457 e. The molecule has 3 rings (SSSR count). The van der Waals surface area contributed by atoms with Crippen LogP contribution in [0.2, 0.25) is 0 Å². The summed E-state index contributed by atoms with van der Waals surface area (Å²) in [6.07, 6.45) is 0. The van der Waals surface area contributed by atoms with E-state index < -0.39 is 15.9 Å². The second-order valence-electron chi connectivity index (χ2n) is 5.89. The number of nitrogens with one attached hydrogen (secondary N) is 1. The molecule has 27 heavy (non-hydrogen) atoms. The third kappa shape index (κ3) is 4.52. The Hall–Kier alpha value is -3.16. The van der Waals surface area contributed by atoms with Crippen molar-refractivity contribution in [3.63, 3.8) is 0 Å². The van der Waals surface area contributed by atoms with Crippen LogP contribution >= 0.6 is 0 Å². The van der Waals surface area contributed by atoms with Crippen LogP contribution < -0.4 is 15.2 Å². The molecule has 3 aromatic rings. The number of para-hydroxylation sites is 2. The molecule has 0 saturated carbocycles. The summed E-state index contributed by atoms with van der Waals surface area (Å²) < 4.78 is 29.1. The summed E-state index contributed by atoms with van der Waals surface area (Å²) in [5.74, 6) is 0.565. The van der Waals surface area contributed by atoms with Crippen LogP contribution in [0.15, 0.2) is 77.7 Å². The molecule has 0 saturated heterocycles. The van der Waals surface area contributed by atoms with Crippen molar-refractivity contribution in [3.8, 4) is 11.5 Å². The van der Waals surface area contributed by atoms with Crippen LogP contribution in [0.4, 0.5) is 5.69 Å². The molecule has 0 radical (unpaired) electrons. The summed E-state index contributed by atoms with van der Waals surface area (Å²) in [5.41, 5.74) is 1.14. The summed E-state index contributed by atoms with van der Waals surface area (Å²) in [7, 11) is -3.88. The molecule has 0 atom stereocenters. The Balaban J connectivity index is 1.87. The van der Waals surface area contributed by atoms with Crippen LogP contribution in [0.25, 0.3) is 0 Å². The van der Waals surface area contributed by atoms with Crippen LogP contribution in [-0.4, -0.2) is 14.3 Å². The molecule has 3 aromatic carbocycles. The number of amides is 1. The molecule has 0 fully saturated rings. The molecule has 7 heteroatoms. The number of hydrogen-bond acceptors (Lipinski definition) is 4. The average Bonchev–Trinajstić information content (AvgIpc) is 2.63. The van der Waals surface area contributed by atoms with Crippen molar-refractivity contribution in [1.29, 1.82) is 0 Å². The lowest BCUT2D eigenvalue weighted by Gasteiger charge is -2.12. The van der Waals surface area contributed by atoms with E-state index in [-0.39, 0.29) is 4.90 Å². The highest BCUT2D eigenvalue weighted by molar-refractivity contribution is 7.89. The van der Waals surface area contributed by atoms with E-state index in [1.807, 2.05) is 18.2 Å². The normalized spacial score (nSPS) is 11.0. The van der Waals surface area contributed by atoms with Gasteiger partial charge in [-0.3, -0.25) is 4.79 Å². The monoisotopic (exact) mass is 382 g/mol. The molecular weight excluding hydrogens is 364 g/mol. The topological polar surface area (TPSA) is 98.5 Å². The lowest BCUT2D eigenvalue weighted by atomic mass is 10.1. The molecule has 0 aliphatic carbocycles. The molecule has 0 bridgehead atoms. The highest BCUT2D eigenvalue weighted by Crippen LogP contribution is 2.26. The second-order valence-corrected chi connectivity index (χ2v) is 7.42. The summed E-state index contributed by atoms with van der Waals surface area (Å²) >= 11 is 0. The number of rotatable bonds is 5. The minimum Gasteiger partial charge on any atom is -0.457 e. The average molecular weight is 382 g/mol. The minimum absolute atomic E-state index is 0.0332. The molecule has 138 valence electrons. The quantitative estimate of drug-likeness (QED) is 0.703. The molecule has 0 aliphatic heterocycles. The Bertz CT molecular complexity index is 1080. The number of sulfonamides is 1. The van der Waals surface area contributed by atoms with Gasteiger partial charge in [0.15, 0.2) is 0 Å². The van der Waals surface area contributed by atoms with Crippen molar-refractivity contribution in [2.45, 2.75) is 11.8 Å². The van der Waals surface area contributed by atoms with E-state index in [0.717, 1.165) is 0 Å². The highest BCUT2D eigenvalue weighted by Gasteiger charge is 2.16. The van der Waals surface area contributed by atoms with E-state index in [1.165, 1.54) is 6.07 Å². The predicted octanol–water partition coefficient (Wildman–Crippen LogP) is 3.69. The first-order valence-electron chi connectivity index (χ1n) is 8.11. The fourth-order valence-electron chi connectivity index (χ4n) is 2.54. The predicted molar refractivity (Wildman–Crippen MR) is 103 cm³/mol. The molecule has 3 N–H and O–H groups in total. The van der Waals surface area contributed by atoms with Gasteiger partial charge in [-0.05, 0) is 48.9 Å². The highest BCUT2D eigenvalue weighted by atomic mass is 32.2. The van der Waals surface area contributed by atoms with Crippen molar-refractivity contribution in [1.82, 2.24) is 0 Å². The lowest BCUT2D eigenvalue weighted by molar-refractivity contribution is 0.102. The summed E-state index contributed by atoms with van der Waals surface area (Å²) in [6.45, 7) is 1.63. The van der Waals surface area contributed by atoms with Crippen LogP contribution in [0, 0.1) is 6.92 Å². The van der Waals surface area contributed by atoms with Gasteiger partial charge >= 0.3 is 0 Å². The molecular formula is C20H18N2O4S. The molecule has 0 aliphatic rings. The zero-order valence-corrected chi connectivity index (χ0v) is 15.4. The van der Waals surface area contributed by atoms with E-state index in [0.29, 0.717) is 28.3 Å². The molecule has 1 amide bonds. The first kappa shape index (κ1) is 18.6. The fourth-order valence-corrected chi connectivity index (χ4v) is 3.35. The number of benzene rings is 3. The lowest BCUT2D eigenvalue weighted by Crippen LogP contribution is -2.16. The molecule has 0 spiro atoms. The molecule has 0 heterocycles. The smallest absolute Gasteiger partial charge is 0.259 e. The summed E-state index contributed by atoms with van der Waals surface area (Å²) in [4.78, 5) is 12.7. The maximum Gasteiger partial charge on any atom is 0.259 e. The third-order valence-electron chi connectivity index (χ3n) is 3.86. The minimum atomic E-state index is -3.88. The second kappa shape index (κ2) is 7.61. The number of ether oxygens (including phenoxy) is 1. The summed E-state index contributed by atoms with van der Waals surface area (Å²) in [5, 5.41) is 7.90. The number of carbonyl (C=O) groups is 1. The number of hydrogen-bond donors (Lipinski definition) is 2. The zero-order chi connectivity index (χ0) is 19.4. The van der Waals surface area contributed by atoms with Crippen molar-refractivity contribution in [2.75, 3.05) is 5.32 Å². The van der Waals surface area contributed by atoms with E-state index in [4.69, 9.17) is 9.88 Å². The van der Waals surface area contributed by atoms with Crippen molar-refractivity contribution < 1.29 is 17.9 Å². The van der Waals surface area contributed by atoms with Gasteiger partial charge in [0.05, 0.1) is 10.5 Å². The Labute approximate surface area is 157 Å².